The lowest BCUT2D eigenvalue weighted by Crippen LogP contribution is -2.35. The van der Waals surface area contributed by atoms with Crippen LogP contribution >= 0.6 is 0 Å². The van der Waals surface area contributed by atoms with Crippen LogP contribution in [0.3, 0.4) is 0 Å². The van der Waals surface area contributed by atoms with E-state index in [1.807, 2.05) is 0 Å². The summed E-state index contributed by atoms with van der Waals surface area (Å²) in [6, 6.07) is 4.90. The van der Waals surface area contributed by atoms with Gasteiger partial charge in [-0.05, 0) is 31.0 Å². The van der Waals surface area contributed by atoms with Gasteiger partial charge in [0.1, 0.15) is 0 Å². The summed E-state index contributed by atoms with van der Waals surface area (Å²) in [5, 5.41) is 9.14. The number of nitrogen functional groups attached to an aromatic ring is 1. The van der Waals surface area contributed by atoms with Gasteiger partial charge in [0.25, 0.3) is 0 Å². The molecule has 120 valence electrons. The predicted octanol–water partition coefficient (Wildman–Crippen LogP) is 2.14. The molecule has 3 N–H and O–H groups in total. The number of hydrogen-bond acceptors (Lipinski definition) is 4. The Hall–Kier alpha value is -1.11. The third-order valence-corrected chi connectivity index (χ3v) is 5.60. The number of aliphatic hydroxyl groups excluding tert-OH is 1. The maximum atomic E-state index is 12.7. The van der Waals surface area contributed by atoms with Gasteiger partial charge in [-0.15, -0.1) is 0 Å². The number of anilines is 1. The zero-order valence-electron chi connectivity index (χ0n) is 12.9. The molecule has 21 heavy (non-hydrogen) atoms. The highest BCUT2D eigenvalue weighted by molar-refractivity contribution is 7.89. The monoisotopic (exact) mass is 314 g/mol. The highest BCUT2D eigenvalue weighted by atomic mass is 32.2. The smallest absolute Gasteiger partial charge is 0.243 e. The minimum Gasteiger partial charge on any atom is -0.398 e. The normalized spacial score (nSPS) is 12.0. The maximum absolute atomic E-state index is 12.7. The Balaban J connectivity index is 2.96. The molecule has 0 aliphatic rings. The van der Waals surface area contributed by atoms with Gasteiger partial charge in [-0.1, -0.05) is 32.3 Å². The van der Waals surface area contributed by atoms with Crippen molar-refractivity contribution in [3.8, 4) is 0 Å². The molecule has 0 saturated carbocycles. The highest BCUT2D eigenvalue weighted by Gasteiger charge is 2.25. The van der Waals surface area contributed by atoms with Crippen LogP contribution in [-0.4, -0.2) is 37.5 Å². The molecule has 0 atom stereocenters. The van der Waals surface area contributed by atoms with E-state index in [4.69, 9.17) is 10.8 Å². The van der Waals surface area contributed by atoms with Crippen molar-refractivity contribution in [2.45, 2.75) is 44.4 Å². The van der Waals surface area contributed by atoms with E-state index < -0.39 is 10.0 Å². The van der Waals surface area contributed by atoms with Crippen LogP contribution in [0.5, 0.6) is 0 Å². The largest absolute Gasteiger partial charge is 0.398 e. The first-order valence-electron chi connectivity index (χ1n) is 7.41. The first kappa shape index (κ1) is 17.9. The van der Waals surface area contributed by atoms with E-state index in [0.29, 0.717) is 17.8 Å². The molecule has 0 aliphatic heterocycles. The van der Waals surface area contributed by atoms with Crippen molar-refractivity contribution in [3.63, 3.8) is 0 Å². The Morgan fingerprint density at radius 1 is 1.19 bits per heavy atom. The average molecular weight is 314 g/mol. The van der Waals surface area contributed by atoms with E-state index >= 15 is 0 Å². The van der Waals surface area contributed by atoms with Crippen LogP contribution in [0.4, 0.5) is 5.69 Å². The first-order valence-corrected chi connectivity index (χ1v) is 8.85. The van der Waals surface area contributed by atoms with Crippen LogP contribution < -0.4 is 5.73 Å². The average Bonchev–Trinajstić information content (AvgIpc) is 2.45. The van der Waals surface area contributed by atoms with Crippen LogP contribution in [-0.2, 0) is 10.0 Å². The summed E-state index contributed by atoms with van der Waals surface area (Å²) in [5.41, 5.74) is 6.83. The van der Waals surface area contributed by atoms with E-state index in [2.05, 4.69) is 6.92 Å². The van der Waals surface area contributed by atoms with Crippen molar-refractivity contribution < 1.29 is 13.5 Å². The summed E-state index contributed by atoms with van der Waals surface area (Å²) >= 11 is 0. The summed E-state index contributed by atoms with van der Waals surface area (Å²) in [5.74, 6) is 0. The van der Waals surface area contributed by atoms with Crippen molar-refractivity contribution in [2.24, 2.45) is 0 Å². The molecular weight excluding hydrogens is 288 g/mol. The van der Waals surface area contributed by atoms with E-state index in [9.17, 15) is 8.42 Å². The Morgan fingerprint density at radius 3 is 2.52 bits per heavy atom. The fourth-order valence-corrected chi connectivity index (χ4v) is 3.95. The molecule has 1 aromatic rings. The second-order valence-corrected chi connectivity index (χ2v) is 7.07. The lowest BCUT2D eigenvalue weighted by Gasteiger charge is -2.22. The molecule has 0 unspecified atom stereocenters. The topological polar surface area (TPSA) is 83.6 Å². The molecule has 0 spiro atoms. The van der Waals surface area contributed by atoms with Crippen LogP contribution in [0.2, 0.25) is 0 Å². The molecule has 0 aromatic heterocycles. The van der Waals surface area contributed by atoms with Crippen molar-refractivity contribution in [1.29, 1.82) is 0 Å². The molecule has 5 nitrogen and oxygen atoms in total. The number of benzene rings is 1. The van der Waals surface area contributed by atoms with Crippen molar-refractivity contribution >= 4 is 15.7 Å². The Bertz CT molecular complexity index is 544. The van der Waals surface area contributed by atoms with Gasteiger partial charge in [-0.2, -0.15) is 4.31 Å². The van der Waals surface area contributed by atoms with Gasteiger partial charge in [0.15, 0.2) is 0 Å². The molecule has 0 radical (unpaired) electrons. The van der Waals surface area contributed by atoms with Crippen molar-refractivity contribution in [1.82, 2.24) is 4.31 Å². The first-order chi connectivity index (χ1) is 9.95. The Morgan fingerprint density at radius 2 is 1.90 bits per heavy atom. The SMILES string of the molecule is CCCCCCN(CCO)S(=O)(=O)c1cccc(N)c1C. The standard InChI is InChI=1S/C15H26N2O3S/c1-3-4-5-6-10-17(11-12-18)21(19,20)15-9-7-8-14(16)13(15)2/h7-9,18H,3-6,10-12,16H2,1-2H3. The van der Waals surface area contributed by atoms with Crippen LogP contribution in [0.1, 0.15) is 38.2 Å². The van der Waals surface area contributed by atoms with Crippen molar-refractivity contribution in [3.05, 3.63) is 23.8 Å². The molecule has 6 heteroatoms. The third kappa shape index (κ3) is 4.69. The quantitative estimate of drug-likeness (QED) is 0.540. The maximum Gasteiger partial charge on any atom is 0.243 e. The van der Waals surface area contributed by atoms with Gasteiger partial charge in [0.2, 0.25) is 10.0 Å². The van der Waals surface area contributed by atoms with Gasteiger partial charge < -0.3 is 10.8 Å². The summed E-state index contributed by atoms with van der Waals surface area (Å²) in [6.45, 7) is 4.17. The zero-order chi connectivity index (χ0) is 15.9. The number of nitrogens with zero attached hydrogens (tertiary/aromatic N) is 1. The number of hydrogen-bond donors (Lipinski definition) is 2. The number of rotatable bonds is 9. The van der Waals surface area contributed by atoms with Crippen LogP contribution in [0.25, 0.3) is 0 Å². The lowest BCUT2D eigenvalue weighted by atomic mass is 10.2. The molecule has 0 fully saturated rings. The number of aliphatic hydroxyl groups is 1. The molecule has 0 amide bonds. The summed E-state index contributed by atoms with van der Waals surface area (Å²) < 4.78 is 26.8. The van der Waals surface area contributed by atoms with Gasteiger partial charge in [0, 0.05) is 18.8 Å². The molecular formula is C15H26N2O3S. The number of unbranched alkanes of at least 4 members (excludes halogenated alkanes) is 3. The minimum atomic E-state index is -3.61. The van der Waals surface area contributed by atoms with Gasteiger partial charge in [-0.3, -0.25) is 0 Å². The molecule has 0 heterocycles. The number of sulfonamides is 1. The van der Waals surface area contributed by atoms with E-state index in [1.165, 1.54) is 4.31 Å². The zero-order valence-corrected chi connectivity index (χ0v) is 13.7. The second-order valence-electron chi connectivity index (χ2n) is 5.16. The third-order valence-electron chi connectivity index (χ3n) is 3.55. The van der Waals surface area contributed by atoms with Crippen LogP contribution in [0, 0.1) is 6.92 Å². The van der Waals surface area contributed by atoms with Gasteiger partial charge in [0.05, 0.1) is 11.5 Å². The molecule has 0 bridgehead atoms. The fraction of sp³-hybridized carbons (Fsp3) is 0.600. The van der Waals surface area contributed by atoms with Crippen LogP contribution in [0.15, 0.2) is 23.1 Å². The molecule has 1 aromatic carbocycles. The number of nitrogens with two attached hydrogens (primary N) is 1. The Kier molecular flexibility index (Phi) is 7.14. The predicted molar refractivity (Wildman–Crippen MR) is 85.6 cm³/mol. The van der Waals surface area contributed by atoms with Gasteiger partial charge >= 0.3 is 0 Å². The molecule has 0 saturated heterocycles. The summed E-state index contributed by atoms with van der Waals surface area (Å²) in [7, 11) is -3.61. The molecule has 1 rings (SSSR count). The highest BCUT2D eigenvalue weighted by Crippen LogP contribution is 2.24. The Labute approximate surface area is 127 Å². The summed E-state index contributed by atoms with van der Waals surface area (Å²) in [6.07, 6.45) is 3.98. The molecule has 0 aliphatic carbocycles. The minimum absolute atomic E-state index is 0.114. The van der Waals surface area contributed by atoms with Gasteiger partial charge in [-0.25, -0.2) is 8.42 Å². The fourth-order valence-electron chi connectivity index (χ4n) is 2.23. The lowest BCUT2D eigenvalue weighted by molar-refractivity contribution is 0.251. The van der Waals surface area contributed by atoms with E-state index in [-0.39, 0.29) is 18.0 Å². The second kappa shape index (κ2) is 8.36. The summed E-state index contributed by atoms with van der Waals surface area (Å²) in [4.78, 5) is 0.228. The van der Waals surface area contributed by atoms with E-state index in [0.717, 1.165) is 25.7 Å². The van der Waals surface area contributed by atoms with Crippen molar-refractivity contribution in [2.75, 3.05) is 25.4 Å². The van der Waals surface area contributed by atoms with E-state index in [1.54, 1.807) is 25.1 Å².